The van der Waals surface area contributed by atoms with Crippen LogP contribution in [0.5, 0.6) is 11.5 Å². The lowest BCUT2D eigenvalue weighted by atomic mass is 9.33. The van der Waals surface area contributed by atoms with Crippen LogP contribution in [0.15, 0.2) is 182 Å². The molecule has 10 aromatic rings. The van der Waals surface area contributed by atoms with E-state index >= 15 is 0 Å². The minimum absolute atomic E-state index is 0.00292. The summed E-state index contributed by atoms with van der Waals surface area (Å²) < 4.78 is 9.92. The van der Waals surface area contributed by atoms with Crippen LogP contribution in [0.1, 0.15) is 158 Å². The van der Waals surface area contributed by atoms with E-state index in [1.165, 1.54) is 66.1 Å². The summed E-state index contributed by atoms with van der Waals surface area (Å²) in [6, 6.07) is 69.8. The van der Waals surface area contributed by atoms with Gasteiger partial charge < -0.3 is 24.0 Å². The first-order chi connectivity index (χ1) is 39.9. The molecule has 5 nitrogen and oxygen atoms in total. The van der Waals surface area contributed by atoms with Gasteiger partial charge >= 0.3 is 0 Å². The average molecular weight is 1120 g/mol. The molecule has 2 aliphatic heterocycles. The molecule has 0 amide bonds. The largest absolute Gasteiger partial charge is 0.458 e. The molecule has 85 heavy (non-hydrogen) atoms. The van der Waals surface area contributed by atoms with E-state index in [9.17, 15) is 0 Å². The van der Waals surface area contributed by atoms with E-state index in [4.69, 9.17) is 4.74 Å². The van der Waals surface area contributed by atoms with Crippen molar-refractivity contribution in [3.05, 3.63) is 215 Å². The van der Waals surface area contributed by atoms with Gasteiger partial charge in [0.15, 0.2) is 0 Å². The predicted molar refractivity (Wildman–Crippen MR) is 368 cm³/mol. The number of fused-ring (bicyclic) bond motifs is 7. The van der Waals surface area contributed by atoms with E-state index in [1.807, 2.05) is 0 Å². The second-order valence-electron chi connectivity index (χ2n) is 30.5. The predicted octanol–water partition coefficient (Wildman–Crippen LogP) is 20.5. The van der Waals surface area contributed by atoms with Crippen LogP contribution in [0.25, 0.3) is 21.8 Å². The van der Waals surface area contributed by atoms with E-state index in [1.54, 1.807) is 0 Å². The van der Waals surface area contributed by atoms with Crippen LogP contribution in [0.2, 0.25) is 0 Å². The lowest BCUT2D eigenvalue weighted by Gasteiger charge is -2.42. The van der Waals surface area contributed by atoms with Gasteiger partial charge in [-0.25, -0.2) is 0 Å². The van der Waals surface area contributed by atoms with Gasteiger partial charge in [-0.3, -0.25) is 0 Å². The van der Waals surface area contributed by atoms with E-state index in [0.717, 1.165) is 68.2 Å². The molecular formula is C79H87BN4O. The standard InChI is InChI=1S/C79H87BN4O/c1-74(2,3)50-24-34-56(35-25-50)82(57-36-26-51(27-37-57)75(4,5)6)60-48-68-72-70(49-60)85-69-45-33-55(79(16,17)18)47-63(69)80(72)62-46-54(78(13,14)15)32-42-65(62)84(68)67-44-43-66(71-61-22-20-21-23-64(61)81(19)73(67)71)83(58-38-28-52(29-39-58)76(7,8)9)59-40-30-53(31-41-59)77(10,11)12/h20-49H,1-19H3. The van der Waals surface area contributed by atoms with Crippen LogP contribution in [0.3, 0.4) is 0 Å². The van der Waals surface area contributed by atoms with Gasteiger partial charge in [0.25, 0.3) is 6.71 Å². The molecule has 12 rings (SSSR count). The van der Waals surface area contributed by atoms with E-state index in [-0.39, 0.29) is 39.2 Å². The molecule has 6 heteroatoms. The Balaban J connectivity index is 1.18. The molecule has 0 spiro atoms. The van der Waals surface area contributed by atoms with Crippen LogP contribution in [-0.4, -0.2) is 11.3 Å². The maximum absolute atomic E-state index is 7.48. The second-order valence-corrected chi connectivity index (χ2v) is 30.5. The summed E-state index contributed by atoms with van der Waals surface area (Å²) in [5.74, 6) is 1.76. The van der Waals surface area contributed by atoms with Gasteiger partial charge in [0.05, 0.1) is 22.6 Å². The van der Waals surface area contributed by atoms with Gasteiger partial charge in [-0.15, -0.1) is 0 Å². The third kappa shape index (κ3) is 10.2. The van der Waals surface area contributed by atoms with Crippen molar-refractivity contribution in [3.8, 4) is 11.5 Å². The first kappa shape index (κ1) is 57.5. The van der Waals surface area contributed by atoms with E-state index in [0.29, 0.717) is 0 Å². The Morgan fingerprint density at radius 3 is 1.24 bits per heavy atom. The van der Waals surface area contributed by atoms with Crippen molar-refractivity contribution in [3.63, 3.8) is 0 Å². The number of hydrogen-bond acceptors (Lipinski definition) is 4. The van der Waals surface area contributed by atoms with Crippen molar-refractivity contribution in [2.75, 3.05) is 14.7 Å². The Hall–Kier alpha value is -7.96. The first-order valence-electron chi connectivity index (χ1n) is 30.8. The first-order valence-corrected chi connectivity index (χ1v) is 30.8. The van der Waals surface area contributed by atoms with Crippen molar-refractivity contribution in [1.29, 1.82) is 0 Å². The van der Waals surface area contributed by atoms with Crippen molar-refractivity contribution in [2.24, 2.45) is 7.05 Å². The minimum Gasteiger partial charge on any atom is -0.458 e. The molecule has 9 aromatic carbocycles. The summed E-state index contributed by atoms with van der Waals surface area (Å²) in [6.45, 7) is 41.3. The molecule has 0 saturated carbocycles. The van der Waals surface area contributed by atoms with E-state index in [2.05, 4.69) is 333 Å². The summed E-state index contributed by atoms with van der Waals surface area (Å²) in [7, 11) is 2.26. The molecule has 2 aliphatic rings. The summed E-state index contributed by atoms with van der Waals surface area (Å²) >= 11 is 0. The molecule has 1 aromatic heterocycles. The van der Waals surface area contributed by atoms with Crippen molar-refractivity contribution >= 4 is 96.1 Å². The highest BCUT2D eigenvalue weighted by molar-refractivity contribution is 6.99. The Kier molecular flexibility index (Phi) is 13.6. The fourth-order valence-corrected chi connectivity index (χ4v) is 13.0. The number of anilines is 9. The zero-order valence-corrected chi connectivity index (χ0v) is 54.1. The van der Waals surface area contributed by atoms with Crippen LogP contribution < -0.4 is 35.8 Å². The number of para-hydroxylation sites is 1. The normalized spacial score (nSPS) is 13.6. The fraction of sp³-hybridized carbons (Fsp3) is 0.316. The quantitative estimate of drug-likeness (QED) is 0.148. The monoisotopic (exact) mass is 1120 g/mol. The van der Waals surface area contributed by atoms with Crippen LogP contribution in [-0.2, 0) is 39.5 Å². The molecule has 0 fully saturated rings. The van der Waals surface area contributed by atoms with Crippen LogP contribution in [0, 0.1) is 0 Å². The number of ether oxygens (including phenoxy) is 1. The lowest BCUT2D eigenvalue weighted by Crippen LogP contribution is -2.60. The third-order valence-electron chi connectivity index (χ3n) is 18.2. The number of benzene rings is 9. The van der Waals surface area contributed by atoms with Gasteiger partial charge in [-0.05, 0) is 167 Å². The summed E-state index contributed by atoms with van der Waals surface area (Å²) in [5.41, 5.74) is 23.4. The number of hydrogen-bond donors (Lipinski definition) is 0. The smallest absolute Gasteiger partial charge is 0.256 e. The summed E-state index contributed by atoms with van der Waals surface area (Å²) in [6.07, 6.45) is 0. The van der Waals surface area contributed by atoms with Crippen LogP contribution in [0.4, 0.5) is 51.2 Å². The molecule has 0 saturated heterocycles. The van der Waals surface area contributed by atoms with Crippen LogP contribution >= 0.6 is 0 Å². The Morgan fingerprint density at radius 1 is 0.353 bits per heavy atom. The highest BCUT2D eigenvalue weighted by Gasteiger charge is 2.44. The highest BCUT2D eigenvalue weighted by Crippen LogP contribution is 2.52. The Morgan fingerprint density at radius 2 is 0.765 bits per heavy atom. The molecule has 0 atom stereocenters. The third-order valence-corrected chi connectivity index (χ3v) is 18.2. The number of aryl methyl sites for hydroxylation is 1. The topological polar surface area (TPSA) is 23.9 Å². The lowest BCUT2D eigenvalue weighted by molar-refractivity contribution is 0.486. The van der Waals surface area contributed by atoms with Gasteiger partial charge in [0.1, 0.15) is 11.5 Å². The zero-order valence-electron chi connectivity index (χ0n) is 54.1. The van der Waals surface area contributed by atoms with Gasteiger partial charge in [0, 0.05) is 63.5 Å². The summed E-state index contributed by atoms with van der Waals surface area (Å²) in [4.78, 5) is 7.52. The van der Waals surface area contributed by atoms with Crippen molar-refractivity contribution in [2.45, 2.75) is 157 Å². The second kappa shape index (κ2) is 20.1. The number of rotatable bonds is 7. The maximum Gasteiger partial charge on any atom is 0.256 e. The molecule has 0 N–H and O–H groups in total. The number of aromatic nitrogens is 1. The molecule has 3 heterocycles. The Labute approximate surface area is 508 Å². The molecule has 0 bridgehead atoms. The summed E-state index contributed by atoms with van der Waals surface area (Å²) in [5, 5.41) is 2.38. The van der Waals surface area contributed by atoms with Gasteiger partial charge in [-0.1, -0.05) is 216 Å². The molecule has 0 unspecified atom stereocenters. The highest BCUT2D eigenvalue weighted by atomic mass is 16.5. The fourth-order valence-electron chi connectivity index (χ4n) is 13.0. The van der Waals surface area contributed by atoms with Crippen molar-refractivity contribution in [1.82, 2.24) is 4.57 Å². The van der Waals surface area contributed by atoms with E-state index < -0.39 is 0 Å². The average Bonchev–Trinajstić information content (AvgIpc) is 2.78. The van der Waals surface area contributed by atoms with Gasteiger partial charge in [0.2, 0.25) is 0 Å². The molecular weight excluding hydrogens is 1030 g/mol. The minimum atomic E-state index is -0.117. The SMILES string of the molecule is Cn1c2ccccc2c2c(N(c3ccc(C(C)(C)C)cc3)c3ccc(C(C)(C)C)cc3)ccc(N3c4ccc(C(C)(C)C)cc4B4c5cc(C(C)(C)C)ccc5Oc5cc(N(c6ccc(C(C)(C)C)cc6)c6ccc(C(C)(C)C)cc6)cc3c54)c21. The molecule has 0 radical (unpaired) electrons. The molecule has 432 valence electrons. The maximum atomic E-state index is 7.48. The van der Waals surface area contributed by atoms with Gasteiger partial charge in [-0.2, -0.15) is 0 Å². The molecule has 0 aliphatic carbocycles. The number of nitrogens with zero attached hydrogens (tertiary/aromatic N) is 4. The van der Waals surface area contributed by atoms with Crippen molar-refractivity contribution < 1.29 is 4.74 Å². The Bertz CT molecular complexity index is 4080. The zero-order chi connectivity index (χ0) is 60.7.